The highest BCUT2D eigenvalue weighted by Crippen LogP contribution is 2.19. The number of halogens is 1. The van der Waals surface area contributed by atoms with Crippen molar-refractivity contribution in [2.24, 2.45) is 0 Å². The maximum Gasteiger partial charge on any atom is 0.137 e. The van der Waals surface area contributed by atoms with E-state index < -0.39 is 0 Å². The first kappa shape index (κ1) is 22.7. The number of ether oxygens (including phenoxy) is 1. The lowest BCUT2D eigenvalue weighted by atomic mass is 10.1. The third-order valence-corrected chi connectivity index (χ3v) is 5.60. The van der Waals surface area contributed by atoms with Crippen LogP contribution in [0.2, 0.25) is 0 Å². The molecule has 0 spiro atoms. The molecule has 1 N–H and O–H groups in total. The smallest absolute Gasteiger partial charge is 0.137 e. The molecule has 2 aromatic carbocycles. The van der Waals surface area contributed by atoms with Crippen LogP contribution in [0.3, 0.4) is 0 Å². The predicted octanol–water partition coefficient (Wildman–Crippen LogP) is 5.85. The van der Waals surface area contributed by atoms with Crippen molar-refractivity contribution in [2.45, 2.75) is 40.3 Å². The Bertz CT molecular complexity index is 1210. The van der Waals surface area contributed by atoms with Crippen LogP contribution in [-0.2, 0) is 19.6 Å². The summed E-state index contributed by atoms with van der Waals surface area (Å²) in [6, 6.07) is 23.2. The average molecular weight is 444 g/mol. The SMILES string of the molecule is Cc1cc(COc2cccc(CNCCc3cccc(F)c3)c2)nc(-n2c(C)ccc2C)c1. The zero-order valence-electron chi connectivity index (χ0n) is 19.4. The number of hydrogen-bond donors (Lipinski definition) is 1. The normalized spacial score (nSPS) is 11.0. The molecule has 0 bridgehead atoms. The monoisotopic (exact) mass is 443 g/mol. The molecule has 0 aliphatic carbocycles. The number of hydrogen-bond acceptors (Lipinski definition) is 3. The molecule has 0 fully saturated rings. The van der Waals surface area contributed by atoms with Crippen LogP contribution in [0, 0.1) is 26.6 Å². The Balaban J connectivity index is 1.34. The molecule has 0 aliphatic rings. The minimum absolute atomic E-state index is 0.189. The quantitative estimate of drug-likeness (QED) is 0.330. The van der Waals surface area contributed by atoms with Crippen molar-refractivity contribution in [1.82, 2.24) is 14.9 Å². The van der Waals surface area contributed by atoms with Gasteiger partial charge in [0.2, 0.25) is 0 Å². The zero-order chi connectivity index (χ0) is 23.2. The molecule has 0 saturated carbocycles. The molecule has 2 heterocycles. The molecule has 4 aromatic rings. The Morgan fingerprint density at radius 2 is 1.64 bits per heavy atom. The van der Waals surface area contributed by atoms with Gasteiger partial charge in [-0.05, 0) is 99.0 Å². The van der Waals surface area contributed by atoms with Crippen molar-refractivity contribution >= 4 is 0 Å². The van der Waals surface area contributed by atoms with Crippen molar-refractivity contribution in [3.05, 3.63) is 112 Å². The lowest BCUT2D eigenvalue weighted by Crippen LogP contribution is -2.16. The summed E-state index contributed by atoms with van der Waals surface area (Å²) in [5.41, 5.74) is 6.52. The maximum absolute atomic E-state index is 13.3. The van der Waals surface area contributed by atoms with Gasteiger partial charge >= 0.3 is 0 Å². The summed E-state index contributed by atoms with van der Waals surface area (Å²) in [7, 11) is 0. The summed E-state index contributed by atoms with van der Waals surface area (Å²) in [5.74, 6) is 1.55. The molecule has 0 radical (unpaired) electrons. The van der Waals surface area contributed by atoms with E-state index in [4.69, 9.17) is 9.72 Å². The first-order chi connectivity index (χ1) is 16.0. The zero-order valence-corrected chi connectivity index (χ0v) is 19.4. The number of benzene rings is 2. The van der Waals surface area contributed by atoms with Crippen LogP contribution >= 0.6 is 0 Å². The van der Waals surface area contributed by atoms with Crippen LogP contribution in [0.4, 0.5) is 4.39 Å². The number of aromatic nitrogens is 2. The molecule has 4 rings (SSSR count). The summed E-state index contributed by atoms with van der Waals surface area (Å²) in [6.45, 7) is 8.17. The second-order valence-corrected chi connectivity index (χ2v) is 8.44. The second-order valence-electron chi connectivity index (χ2n) is 8.44. The summed E-state index contributed by atoms with van der Waals surface area (Å²) < 4.78 is 21.5. The van der Waals surface area contributed by atoms with Gasteiger partial charge in [0.25, 0.3) is 0 Å². The van der Waals surface area contributed by atoms with Gasteiger partial charge in [-0.1, -0.05) is 24.3 Å². The average Bonchev–Trinajstić information content (AvgIpc) is 3.13. The maximum atomic E-state index is 13.3. The van der Waals surface area contributed by atoms with Crippen LogP contribution in [0.1, 0.15) is 33.8 Å². The first-order valence-electron chi connectivity index (χ1n) is 11.3. The predicted molar refractivity (Wildman–Crippen MR) is 130 cm³/mol. The highest BCUT2D eigenvalue weighted by atomic mass is 19.1. The van der Waals surface area contributed by atoms with Gasteiger partial charge < -0.3 is 14.6 Å². The van der Waals surface area contributed by atoms with E-state index in [1.54, 1.807) is 12.1 Å². The third kappa shape index (κ3) is 6.08. The molecular weight excluding hydrogens is 413 g/mol. The molecular formula is C28H30FN3O. The molecule has 5 heteroatoms. The van der Waals surface area contributed by atoms with Crippen molar-refractivity contribution in [3.63, 3.8) is 0 Å². The van der Waals surface area contributed by atoms with Gasteiger partial charge in [0, 0.05) is 17.9 Å². The largest absolute Gasteiger partial charge is 0.487 e. The molecule has 33 heavy (non-hydrogen) atoms. The third-order valence-electron chi connectivity index (χ3n) is 5.60. The van der Waals surface area contributed by atoms with Gasteiger partial charge in [0.05, 0.1) is 5.69 Å². The van der Waals surface area contributed by atoms with Crippen LogP contribution in [0.25, 0.3) is 5.82 Å². The Hall–Kier alpha value is -3.44. The number of aryl methyl sites for hydroxylation is 3. The topological polar surface area (TPSA) is 39.1 Å². The molecule has 0 saturated heterocycles. The Labute approximate surface area is 195 Å². The standard InChI is InChI=1S/C28H30FN3O/c1-20-14-26(31-28(15-20)32-21(2)10-11-22(32)3)19-33-27-9-5-7-24(17-27)18-30-13-12-23-6-4-8-25(29)16-23/h4-11,14-17,30H,12-13,18-19H2,1-3H3. The van der Waals surface area contributed by atoms with Crippen LogP contribution in [0.15, 0.2) is 72.8 Å². The number of nitrogens with zero attached hydrogens (tertiary/aromatic N) is 2. The highest BCUT2D eigenvalue weighted by Gasteiger charge is 2.08. The van der Waals surface area contributed by atoms with Gasteiger partial charge in [-0.15, -0.1) is 0 Å². The van der Waals surface area contributed by atoms with E-state index in [0.717, 1.165) is 64.8 Å². The fourth-order valence-electron chi connectivity index (χ4n) is 4.00. The molecule has 4 nitrogen and oxygen atoms in total. The van der Waals surface area contributed by atoms with Crippen LogP contribution in [-0.4, -0.2) is 16.1 Å². The lowest BCUT2D eigenvalue weighted by molar-refractivity contribution is 0.300. The summed E-state index contributed by atoms with van der Waals surface area (Å²) in [4.78, 5) is 4.83. The molecule has 2 aromatic heterocycles. The Kier molecular flexibility index (Phi) is 7.20. The van der Waals surface area contributed by atoms with E-state index in [9.17, 15) is 4.39 Å². The molecule has 0 unspecified atom stereocenters. The second kappa shape index (κ2) is 10.5. The number of rotatable bonds is 9. The first-order valence-corrected chi connectivity index (χ1v) is 11.3. The van der Waals surface area contributed by atoms with Crippen molar-refractivity contribution in [1.29, 1.82) is 0 Å². The summed E-state index contributed by atoms with van der Waals surface area (Å²) in [5, 5.41) is 3.42. The van der Waals surface area contributed by atoms with Crippen molar-refractivity contribution in [3.8, 4) is 11.6 Å². The van der Waals surface area contributed by atoms with Gasteiger partial charge in [0.1, 0.15) is 24.0 Å². The van der Waals surface area contributed by atoms with Gasteiger partial charge in [-0.25, -0.2) is 9.37 Å². The van der Waals surface area contributed by atoms with Crippen molar-refractivity contribution in [2.75, 3.05) is 6.54 Å². The number of nitrogens with one attached hydrogen (secondary N) is 1. The van der Waals surface area contributed by atoms with E-state index in [0.29, 0.717) is 6.61 Å². The molecule has 0 aliphatic heterocycles. The van der Waals surface area contributed by atoms with E-state index in [1.165, 1.54) is 6.07 Å². The highest BCUT2D eigenvalue weighted by molar-refractivity contribution is 5.36. The minimum Gasteiger partial charge on any atom is -0.487 e. The fraction of sp³-hybridized carbons (Fsp3) is 0.250. The molecule has 170 valence electrons. The van der Waals surface area contributed by atoms with E-state index in [-0.39, 0.29) is 5.82 Å². The summed E-state index contributed by atoms with van der Waals surface area (Å²) in [6.07, 6.45) is 0.787. The minimum atomic E-state index is -0.189. The molecule has 0 amide bonds. The Morgan fingerprint density at radius 3 is 2.42 bits per heavy atom. The number of pyridine rings is 1. The van der Waals surface area contributed by atoms with E-state index in [1.807, 2.05) is 24.3 Å². The molecule has 0 atom stereocenters. The van der Waals surface area contributed by atoms with Gasteiger partial charge in [-0.3, -0.25) is 0 Å². The Morgan fingerprint density at radius 1 is 0.879 bits per heavy atom. The van der Waals surface area contributed by atoms with Gasteiger partial charge in [0.15, 0.2) is 0 Å². The fourth-order valence-corrected chi connectivity index (χ4v) is 4.00. The van der Waals surface area contributed by atoms with E-state index in [2.05, 4.69) is 61.0 Å². The van der Waals surface area contributed by atoms with Crippen LogP contribution in [0.5, 0.6) is 5.75 Å². The lowest BCUT2D eigenvalue weighted by Gasteiger charge is -2.13. The van der Waals surface area contributed by atoms with Gasteiger partial charge in [-0.2, -0.15) is 0 Å². The van der Waals surface area contributed by atoms with Crippen LogP contribution < -0.4 is 10.1 Å². The summed E-state index contributed by atoms with van der Waals surface area (Å²) >= 11 is 0. The van der Waals surface area contributed by atoms with E-state index >= 15 is 0 Å². The van der Waals surface area contributed by atoms with Crippen molar-refractivity contribution < 1.29 is 9.13 Å².